The molecule has 0 spiro atoms. The summed E-state index contributed by atoms with van der Waals surface area (Å²) < 4.78 is 1.97. The van der Waals surface area contributed by atoms with Crippen molar-refractivity contribution in [2.24, 2.45) is 5.92 Å². The van der Waals surface area contributed by atoms with Crippen LogP contribution in [0.5, 0.6) is 0 Å². The molecule has 1 aliphatic heterocycles. The Morgan fingerprint density at radius 1 is 1.00 bits per heavy atom. The minimum absolute atomic E-state index is 0.0278. The predicted octanol–water partition coefficient (Wildman–Crippen LogP) is 3.71. The van der Waals surface area contributed by atoms with Crippen LogP contribution in [0.2, 0.25) is 0 Å². The molecule has 0 radical (unpaired) electrons. The van der Waals surface area contributed by atoms with Crippen LogP contribution < -0.4 is 5.32 Å². The van der Waals surface area contributed by atoms with Gasteiger partial charge in [0.2, 0.25) is 5.91 Å². The summed E-state index contributed by atoms with van der Waals surface area (Å²) >= 11 is 1.47. The quantitative estimate of drug-likeness (QED) is 0.718. The molecule has 1 aliphatic rings. The summed E-state index contributed by atoms with van der Waals surface area (Å²) in [7, 11) is 0. The zero-order valence-corrected chi connectivity index (χ0v) is 16.4. The standard InChI is InChI=1S/C22H23N3O2S/c26-21(23-16-17-6-2-1-3-7-17)18-8-13-25(14-9-18)22(27)20-19(10-15-28-20)24-11-4-5-12-24/h1-7,10-12,15,18H,8-9,13-14,16H2,(H,23,26). The number of hydrogen-bond donors (Lipinski definition) is 1. The highest BCUT2D eigenvalue weighted by atomic mass is 32.1. The summed E-state index contributed by atoms with van der Waals surface area (Å²) in [5, 5.41) is 4.98. The molecule has 28 heavy (non-hydrogen) atoms. The van der Waals surface area contributed by atoms with Gasteiger partial charge < -0.3 is 14.8 Å². The van der Waals surface area contributed by atoms with E-state index in [1.807, 2.05) is 75.8 Å². The van der Waals surface area contributed by atoms with E-state index in [4.69, 9.17) is 0 Å². The minimum atomic E-state index is -0.0278. The smallest absolute Gasteiger partial charge is 0.266 e. The number of thiophene rings is 1. The first-order chi connectivity index (χ1) is 13.7. The molecule has 144 valence electrons. The molecule has 1 fully saturated rings. The summed E-state index contributed by atoms with van der Waals surface area (Å²) in [6, 6.07) is 15.8. The van der Waals surface area contributed by atoms with Crippen molar-refractivity contribution in [1.82, 2.24) is 14.8 Å². The van der Waals surface area contributed by atoms with Crippen molar-refractivity contribution in [1.29, 1.82) is 0 Å². The van der Waals surface area contributed by atoms with Gasteiger partial charge in [0.1, 0.15) is 4.88 Å². The van der Waals surface area contributed by atoms with Gasteiger partial charge in [0, 0.05) is 37.9 Å². The highest BCUT2D eigenvalue weighted by Gasteiger charge is 2.29. The second-order valence-electron chi connectivity index (χ2n) is 7.00. The Bertz CT molecular complexity index is 926. The second-order valence-corrected chi connectivity index (χ2v) is 7.91. The fraction of sp³-hybridized carbons (Fsp3) is 0.273. The molecule has 4 rings (SSSR count). The molecule has 0 atom stereocenters. The highest BCUT2D eigenvalue weighted by Crippen LogP contribution is 2.26. The molecule has 0 bridgehead atoms. The number of piperidine rings is 1. The van der Waals surface area contributed by atoms with E-state index < -0.39 is 0 Å². The largest absolute Gasteiger partial charge is 0.352 e. The van der Waals surface area contributed by atoms with E-state index in [9.17, 15) is 9.59 Å². The zero-order chi connectivity index (χ0) is 19.3. The molecule has 6 heteroatoms. The van der Waals surface area contributed by atoms with E-state index in [1.165, 1.54) is 11.3 Å². The van der Waals surface area contributed by atoms with E-state index in [1.54, 1.807) is 0 Å². The topological polar surface area (TPSA) is 54.3 Å². The van der Waals surface area contributed by atoms with Crippen LogP contribution in [-0.4, -0.2) is 34.4 Å². The molecular formula is C22H23N3O2S. The lowest BCUT2D eigenvalue weighted by Crippen LogP contribution is -2.42. The van der Waals surface area contributed by atoms with Crippen LogP contribution in [-0.2, 0) is 11.3 Å². The minimum Gasteiger partial charge on any atom is -0.352 e. The Balaban J connectivity index is 1.32. The third-order valence-electron chi connectivity index (χ3n) is 5.18. The summed E-state index contributed by atoms with van der Waals surface area (Å²) in [6.07, 6.45) is 5.30. The lowest BCUT2D eigenvalue weighted by molar-refractivity contribution is -0.126. The Hall–Kier alpha value is -2.86. The Labute approximate surface area is 168 Å². The van der Waals surface area contributed by atoms with Crippen molar-refractivity contribution in [3.63, 3.8) is 0 Å². The first-order valence-corrected chi connectivity index (χ1v) is 10.4. The van der Waals surface area contributed by atoms with Crippen LogP contribution in [0.1, 0.15) is 28.1 Å². The maximum absolute atomic E-state index is 13.0. The predicted molar refractivity (Wildman–Crippen MR) is 111 cm³/mol. The molecule has 1 aromatic carbocycles. The number of carbonyl (C=O) groups is 2. The molecule has 2 amide bonds. The van der Waals surface area contributed by atoms with Crippen LogP contribution in [0, 0.1) is 5.92 Å². The molecule has 1 N–H and O–H groups in total. The fourth-order valence-electron chi connectivity index (χ4n) is 3.58. The number of aromatic nitrogens is 1. The summed E-state index contributed by atoms with van der Waals surface area (Å²) in [5.41, 5.74) is 2.02. The van der Waals surface area contributed by atoms with Crippen LogP contribution in [0.3, 0.4) is 0 Å². The molecule has 5 nitrogen and oxygen atoms in total. The Morgan fingerprint density at radius 3 is 2.43 bits per heavy atom. The average molecular weight is 394 g/mol. The molecule has 0 aliphatic carbocycles. The molecular weight excluding hydrogens is 370 g/mol. The molecule has 3 heterocycles. The Morgan fingerprint density at radius 2 is 1.71 bits per heavy atom. The lowest BCUT2D eigenvalue weighted by Gasteiger charge is -2.31. The van der Waals surface area contributed by atoms with E-state index >= 15 is 0 Å². The molecule has 3 aromatic rings. The van der Waals surface area contributed by atoms with Gasteiger partial charge in [-0.2, -0.15) is 0 Å². The van der Waals surface area contributed by atoms with Crippen molar-refractivity contribution in [3.8, 4) is 5.69 Å². The SMILES string of the molecule is O=C(NCc1ccccc1)C1CCN(C(=O)c2sccc2-n2cccc2)CC1. The van der Waals surface area contributed by atoms with Gasteiger partial charge >= 0.3 is 0 Å². The monoisotopic (exact) mass is 393 g/mol. The van der Waals surface area contributed by atoms with Crippen molar-refractivity contribution < 1.29 is 9.59 Å². The van der Waals surface area contributed by atoms with Crippen molar-refractivity contribution in [2.75, 3.05) is 13.1 Å². The number of carbonyl (C=O) groups excluding carboxylic acids is 2. The van der Waals surface area contributed by atoms with Gasteiger partial charge in [-0.1, -0.05) is 30.3 Å². The van der Waals surface area contributed by atoms with E-state index in [0.717, 1.165) is 16.1 Å². The average Bonchev–Trinajstić information content (AvgIpc) is 3.44. The maximum atomic E-state index is 13.0. The highest BCUT2D eigenvalue weighted by molar-refractivity contribution is 7.12. The van der Waals surface area contributed by atoms with Crippen LogP contribution in [0.4, 0.5) is 0 Å². The molecule has 0 saturated carbocycles. The molecule has 1 saturated heterocycles. The van der Waals surface area contributed by atoms with Gasteiger partial charge in [-0.05, 0) is 42.0 Å². The number of likely N-dealkylation sites (tertiary alicyclic amines) is 1. The van der Waals surface area contributed by atoms with Gasteiger partial charge in [-0.15, -0.1) is 11.3 Å². The normalized spacial score (nSPS) is 14.8. The Kier molecular flexibility index (Phi) is 5.58. The molecule has 2 aromatic heterocycles. The lowest BCUT2D eigenvalue weighted by atomic mass is 9.95. The van der Waals surface area contributed by atoms with Crippen LogP contribution in [0.15, 0.2) is 66.3 Å². The van der Waals surface area contributed by atoms with Gasteiger partial charge in [0.05, 0.1) is 5.69 Å². The molecule has 0 unspecified atom stereocenters. The first-order valence-electron chi connectivity index (χ1n) is 9.54. The van der Waals surface area contributed by atoms with Crippen molar-refractivity contribution >= 4 is 23.2 Å². The fourth-order valence-corrected chi connectivity index (χ4v) is 4.44. The number of benzene rings is 1. The van der Waals surface area contributed by atoms with E-state index in [-0.39, 0.29) is 17.7 Å². The number of nitrogens with one attached hydrogen (secondary N) is 1. The number of amides is 2. The van der Waals surface area contributed by atoms with Crippen LogP contribution in [0.25, 0.3) is 5.69 Å². The third kappa shape index (κ3) is 4.02. The number of nitrogens with zero attached hydrogens (tertiary/aromatic N) is 2. The zero-order valence-electron chi connectivity index (χ0n) is 15.6. The van der Waals surface area contributed by atoms with Crippen molar-refractivity contribution in [3.05, 3.63) is 76.7 Å². The number of hydrogen-bond acceptors (Lipinski definition) is 3. The summed E-state index contributed by atoms with van der Waals surface area (Å²) in [6.45, 7) is 1.78. The number of rotatable bonds is 5. The van der Waals surface area contributed by atoms with Gasteiger partial charge in [-0.25, -0.2) is 0 Å². The van der Waals surface area contributed by atoms with E-state index in [0.29, 0.717) is 32.5 Å². The maximum Gasteiger partial charge on any atom is 0.266 e. The van der Waals surface area contributed by atoms with Gasteiger partial charge in [-0.3, -0.25) is 9.59 Å². The van der Waals surface area contributed by atoms with Gasteiger partial charge in [0.25, 0.3) is 5.91 Å². The van der Waals surface area contributed by atoms with Gasteiger partial charge in [0.15, 0.2) is 0 Å². The van der Waals surface area contributed by atoms with Crippen molar-refractivity contribution in [2.45, 2.75) is 19.4 Å². The third-order valence-corrected chi connectivity index (χ3v) is 6.08. The summed E-state index contributed by atoms with van der Waals surface area (Å²) in [4.78, 5) is 28.1. The summed E-state index contributed by atoms with van der Waals surface area (Å²) in [5.74, 6) is 0.113. The van der Waals surface area contributed by atoms with E-state index in [2.05, 4.69) is 5.32 Å². The first kappa shape index (κ1) is 18.5. The van der Waals surface area contributed by atoms with Crippen LogP contribution >= 0.6 is 11.3 Å². The second kappa shape index (κ2) is 8.44.